The third-order valence-corrected chi connectivity index (χ3v) is 3.55. The van der Waals surface area contributed by atoms with E-state index in [4.69, 9.17) is 5.11 Å². The van der Waals surface area contributed by atoms with Gasteiger partial charge in [-0.15, -0.1) is 0 Å². The van der Waals surface area contributed by atoms with Crippen LogP contribution in [-0.4, -0.2) is 28.0 Å². The van der Waals surface area contributed by atoms with E-state index in [-0.39, 0.29) is 11.4 Å². The van der Waals surface area contributed by atoms with Gasteiger partial charge in [0.1, 0.15) is 6.26 Å². The largest absolute Gasteiger partial charge is 0.478 e. The van der Waals surface area contributed by atoms with Crippen LogP contribution in [0.1, 0.15) is 0 Å². The van der Waals surface area contributed by atoms with Gasteiger partial charge in [0.25, 0.3) is 5.69 Å². The van der Waals surface area contributed by atoms with Gasteiger partial charge >= 0.3 is 5.97 Å². The van der Waals surface area contributed by atoms with Gasteiger partial charge in [-0.05, 0) is 12.1 Å². The second-order valence-corrected chi connectivity index (χ2v) is 4.96. The minimum atomic E-state index is -0.862. The van der Waals surface area contributed by atoms with Crippen molar-refractivity contribution < 1.29 is 14.8 Å². The van der Waals surface area contributed by atoms with Gasteiger partial charge < -0.3 is 5.11 Å². The van der Waals surface area contributed by atoms with Crippen LogP contribution < -0.4 is 0 Å². The van der Waals surface area contributed by atoms with Crippen LogP contribution in [0.15, 0.2) is 29.2 Å². The number of aliphatic carboxylic acids is 1. The Morgan fingerprint density at radius 3 is 2.40 bits per heavy atom. The average Bonchev–Trinajstić information content (AvgIpc) is 2.17. The molecule has 0 amide bonds. The van der Waals surface area contributed by atoms with E-state index in [0.29, 0.717) is 0 Å². The predicted molar refractivity (Wildman–Crippen MR) is 57.2 cm³/mol. The Morgan fingerprint density at radius 2 is 2.00 bits per heavy atom. The van der Waals surface area contributed by atoms with Crippen molar-refractivity contribution in [2.24, 2.45) is 0 Å². The van der Waals surface area contributed by atoms with Crippen LogP contribution >= 0.6 is 0 Å². The molecular formula is C9H10NO4S+. The molecule has 1 atom stereocenters. The number of non-ortho nitro benzene ring substituents is 1. The Labute approximate surface area is 89.2 Å². The number of benzene rings is 1. The van der Waals surface area contributed by atoms with Crippen LogP contribution in [0.3, 0.4) is 0 Å². The normalized spacial score (nSPS) is 12.1. The van der Waals surface area contributed by atoms with Crippen molar-refractivity contribution in [1.82, 2.24) is 0 Å². The molecule has 0 heterocycles. The zero-order valence-corrected chi connectivity index (χ0v) is 8.86. The first-order valence-electron chi connectivity index (χ1n) is 4.09. The Bertz CT molecular complexity index is 376. The van der Waals surface area contributed by atoms with Gasteiger partial charge in [-0.2, -0.15) is 0 Å². The second-order valence-electron chi connectivity index (χ2n) is 2.93. The molecule has 0 aromatic heterocycles. The van der Waals surface area contributed by atoms with E-state index in [1.165, 1.54) is 12.1 Å². The topological polar surface area (TPSA) is 80.4 Å². The fourth-order valence-electron chi connectivity index (χ4n) is 1.07. The van der Waals surface area contributed by atoms with Crippen LogP contribution in [0.4, 0.5) is 5.69 Å². The molecule has 0 radical (unpaired) electrons. The molecule has 0 aliphatic heterocycles. The Hall–Kier alpha value is -1.56. The van der Waals surface area contributed by atoms with Crippen LogP contribution in [0.25, 0.3) is 0 Å². The number of nitro benzene ring substituents is 1. The molecule has 5 nitrogen and oxygen atoms in total. The summed E-state index contributed by atoms with van der Waals surface area (Å²) >= 11 is 0. The van der Waals surface area contributed by atoms with Crippen LogP contribution in [0, 0.1) is 10.1 Å². The Morgan fingerprint density at radius 1 is 1.47 bits per heavy atom. The lowest BCUT2D eigenvalue weighted by Gasteiger charge is -1.98. The Balaban J connectivity index is 2.79. The maximum Gasteiger partial charge on any atom is 0.354 e. The van der Waals surface area contributed by atoms with E-state index >= 15 is 0 Å². The molecule has 1 aromatic carbocycles. The first kappa shape index (κ1) is 11.5. The maximum absolute atomic E-state index is 10.5. The summed E-state index contributed by atoms with van der Waals surface area (Å²) in [6.07, 6.45) is 1.80. The fourth-order valence-corrected chi connectivity index (χ4v) is 2.21. The number of nitrogens with zero attached hydrogens (tertiary/aromatic N) is 1. The molecule has 0 saturated carbocycles. The molecule has 80 valence electrons. The smallest absolute Gasteiger partial charge is 0.354 e. The minimum absolute atomic E-state index is 0.0195. The quantitative estimate of drug-likeness (QED) is 0.478. The summed E-state index contributed by atoms with van der Waals surface area (Å²) in [5.74, 6) is -0.808. The third-order valence-electron chi connectivity index (χ3n) is 1.79. The lowest BCUT2D eigenvalue weighted by atomic mass is 10.3. The van der Waals surface area contributed by atoms with Gasteiger partial charge in [0.15, 0.2) is 4.90 Å². The molecule has 1 unspecified atom stereocenters. The number of rotatable bonds is 4. The predicted octanol–water partition coefficient (Wildman–Crippen LogP) is 1.29. The van der Waals surface area contributed by atoms with Gasteiger partial charge in [0, 0.05) is 23.0 Å². The average molecular weight is 228 g/mol. The van der Waals surface area contributed by atoms with E-state index in [0.717, 1.165) is 4.90 Å². The fraction of sp³-hybridized carbons (Fsp3) is 0.222. The van der Waals surface area contributed by atoms with Crippen LogP contribution in [0.2, 0.25) is 0 Å². The molecule has 1 N–H and O–H groups in total. The van der Waals surface area contributed by atoms with Crippen LogP contribution in [-0.2, 0) is 15.7 Å². The molecule has 15 heavy (non-hydrogen) atoms. The molecule has 1 aromatic rings. The summed E-state index contributed by atoms with van der Waals surface area (Å²) in [5.41, 5.74) is 0.0195. The zero-order valence-electron chi connectivity index (χ0n) is 8.04. The van der Waals surface area contributed by atoms with E-state index in [9.17, 15) is 14.9 Å². The minimum Gasteiger partial charge on any atom is -0.478 e. The molecular weight excluding hydrogens is 218 g/mol. The molecule has 0 bridgehead atoms. The van der Waals surface area contributed by atoms with Gasteiger partial charge in [-0.3, -0.25) is 10.1 Å². The monoisotopic (exact) mass is 228 g/mol. The number of carboxylic acids is 1. The number of carboxylic acid groups (broad SMARTS) is 1. The molecule has 0 saturated heterocycles. The van der Waals surface area contributed by atoms with Crippen molar-refractivity contribution in [3.63, 3.8) is 0 Å². The van der Waals surface area contributed by atoms with Crippen molar-refractivity contribution in [1.29, 1.82) is 0 Å². The lowest BCUT2D eigenvalue weighted by Crippen LogP contribution is -2.14. The first-order chi connectivity index (χ1) is 7.00. The van der Waals surface area contributed by atoms with E-state index in [2.05, 4.69) is 0 Å². The molecule has 0 spiro atoms. The van der Waals surface area contributed by atoms with E-state index in [1.54, 1.807) is 18.4 Å². The molecule has 0 fully saturated rings. The second kappa shape index (κ2) is 4.79. The highest BCUT2D eigenvalue weighted by Crippen LogP contribution is 2.16. The zero-order chi connectivity index (χ0) is 11.4. The number of hydrogen-bond donors (Lipinski definition) is 1. The number of carbonyl (C=O) groups is 1. The highest BCUT2D eigenvalue weighted by Gasteiger charge is 2.20. The van der Waals surface area contributed by atoms with Gasteiger partial charge in [0.05, 0.1) is 4.92 Å². The summed E-state index contributed by atoms with van der Waals surface area (Å²) in [4.78, 5) is 21.2. The van der Waals surface area contributed by atoms with Gasteiger partial charge in [-0.25, -0.2) is 4.79 Å². The van der Waals surface area contributed by atoms with Crippen molar-refractivity contribution in [3.05, 3.63) is 34.4 Å². The summed E-state index contributed by atoms with van der Waals surface area (Å²) < 4.78 is 0. The highest BCUT2D eigenvalue weighted by molar-refractivity contribution is 7.96. The number of nitro groups is 1. The summed E-state index contributed by atoms with van der Waals surface area (Å²) in [6, 6.07) is 5.98. The van der Waals surface area contributed by atoms with E-state index in [1.807, 2.05) is 0 Å². The van der Waals surface area contributed by atoms with Crippen LogP contribution in [0.5, 0.6) is 0 Å². The van der Waals surface area contributed by atoms with Crippen molar-refractivity contribution in [2.45, 2.75) is 4.90 Å². The SMILES string of the molecule is C[S+](CC(=O)O)c1ccc([N+](=O)[O-])cc1. The standard InChI is InChI=1S/C9H9NO4S/c1-15(6-9(11)12)8-4-2-7(3-5-8)10(13)14/h2-5H,6H2,1H3/p+1. The number of hydrogen-bond acceptors (Lipinski definition) is 3. The Kier molecular flexibility index (Phi) is 3.68. The highest BCUT2D eigenvalue weighted by atomic mass is 32.2. The van der Waals surface area contributed by atoms with E-state index < -0.39 is 21.8 Å². The molecule has 6 heteroatoms. The molecule has 1 rings (SSSR count). The van der Waals surface area contributed by atoms with Crippen molar-refractivity contribution in [3.8, 4) is 0 Å². The summed E-state index contributed by atoms with van der Waals surface area (Å²) in [5, 5.41) is 19.0. The first-order valence-corrected chi connectivity index (χ1v) is 5.89. The molecule has 0 aliphatic rings. The maximum atomic E-state index is 10.5. The van der Waals surface area contributed by atoms with Gasteiger partial charge in [-0.1, -0.05) is 0 Å². The van der Waals surface area contributed by atoms with Crippen molar-refractivity contribution >= 4 is 22.6 Å². The van der Waals surface area contributed by atoms with Gasteiger partial charge in [0.2, 0.25) is 5.75 Å². The van der Waals surface area contributed by atoms with Crippen molar-refractivity contribution in [2.75, 3.05) is 12.0 Å². The summed E-state index contributed by atoms with van der Waals surface area (Å²) in [7, 11) is -0.407. The third kappa shape index (κ3) is 3.25. The lowest BCUT2D eigenvalue weighted by molar-refractivity contribution is -0.384. The molecule has 0 aliphatic carbocycles. The summed E-state index contributed by atoms with van der Waals surface area (Å²) in [6.45, 7) is 0.